The number of aryl methyl sites for hydroxylation is 4. The molecular weight excluding hydrogens is 336 g/mol. The molecule has 0 aromatic heterocycles. The van der Waals surface area contributed by atoms with Crippen LogP contribution in [0.1, 0.15) is 63.8 Å². The van der Waals surface area contributed by atoms with Crippen LogP contribution in [-0.4, -0.2) is 0 Å². The van der Waals surface area contributed by atoms with Crippen molar-refractivity contribution in [1.82, 2.24) is 0 Å². The van der Waals surface area contributed by atoms with Gasteiger partial charge in [0.15, 0.2) is 0 Å². The Bertz CT molecular complexity index is 654. The molecule has 154 valence electrons. The van der Waals surface area contributed by atoms with Crippen LogP contribution in [0.2, 0.25) is 0 Å². The predicted octanol–water partition coefficient (Wildman–Crippen LogP) is 8.85. The van der Waals surface area contributed by atoms with Crippen molar-refractivity contribution in [2.75, 3.05) is 0 Å². The highest BCUT2D eigenvalue weighted by atomic mass is 13.9. The molecular formula is C28H42. The molecule has 0 aliphatic carbocycles. The minimum atomic E-state index is 1.14. The Morgan fingerprint density at radius 2 is 0.857 bits per heavy atom. The molecule has 3 rings (SSSR count). The minimum Gasteiger partial charge on any atom is -0.0683 e. The molecule has 0 spiro atoms. The standard InChI is InChI=1S/C9H12.C8H10.C7H8.2C2H6/c1-3-9-6-4-5-8(2)7-9;1-2-8-6-4-3-5-7-8;1-7-5-3-2-4-6-7;2*1-2/h4-7H,3H2,1-2H3;3-7H,2H2,1H3;2-6H,1H3;2*1-2H3. The number of hydrogen-bond acceptors (Lipinski definition) is 0. The first-order valence-electron chi connectivity index (χ1n) is 10.8. The lowest BCUT2D eigenvalue weighted by molar-refractivity contribution is 1.13. The Balaban J connectivity index is 0. The van der Waals surface area contributed by atoms with E-state index in [1.165, 1.54) is 22.3 Å². The van der Waals surface area contributed by atoms with Crippen LogP contribution in [0, 0.1) is 13.8 Å². The maximum absolute atomic E-state index is 2.22. The van der Waals surface area contributed by atoms with Crippen molar-refractivity contribution >= 4 is 0 Å². The highest BCUT2D eigenvalue weighted by Gasteiger charge is 1.85. The Kier molecular flexibility index (Phi) is 20.9. The average molecular weight is 379 g/mol. The summed E-state index contributed by atoms with van der Waals surface area (Å²) >= 11 is 0. The van der Waals surface area contributed by atoms with Gasteiger partial charge in [-0.2, -0.15) is 0 Å². The molecule has 0 N–H and O–H groups in total. The van der Waals surface area contributed by atoms with E-state index in [0.29, 0.717) is 0 Å². The number of benzene rings is 3. The van der Waals surface area contributed by atoms with E-state index in [1.54, 1.807) is 0 Å². The molecule has 0 heterocycles. The van der Waals surface area contributed by atoms with E-state index in [9.17, 15) is 0 Å². The molecule has 28 heavy (non-hydrogen) atoms. The molecule has 0 nitrogen and oxygen atoms in total. The third kappa shape index (κ3) is 15.9. The maximum atomic E-state index is 2.22. The van der Waals surface area contributed by atoms with Crippen LogP contribution in [0.4, 0.5) is 0 Å². The van der Waals surface area contributed by atoms with E-state index in [4.69, 9.17) is 0 Å². The predicted molar refractivity (Wildman–Crippen MR) is 130 cm³/mol. The SMILES string of the molecule is CC.CC.CCc1cccc(C)c1.CCc1ccccc1.Cc1ccccc1. The van der Waals surface area contributed by atoms with E-state index in [2.05, 4.69) is 88.4 Å². The van der Waals surface area contributed by atoms with Crippen molar-refractivity contribution in [3.05, 3.63) is 107 Å². The summed E-state index contributed by atoms with van der Waals surface area (Å²) in [6.07, 6.45) is 2.28. The van der Waals surface area contributed by atoms with E-state index in [1.807, 2.05) is 52.0 Å². The van der Waals surface area contributed by atoms with Crippen LogP contribution < -0.4 is 0 Å². The molecule has 0 fully saturated rings. The minimum absolute atomic E-state index is 1.14. The van der Waals surface area contributed by atoms with Gasteiger partial charge in [-0.15, -0.1) is 0 Å². The molecule has 0 radical (unpaired) electrons. The lowest BCUT2D eigenvalue weighted by Crippen LogP contribution is -1.78. The number of rotatable bonds is 2. The highest BCUT2D eigenvalue weighted by Crippen LogP contribution is 2.03. The Morgan fingerprint density at radius 1 is 0.464 bits per heavy atom. The fourth-order valence-corrected chi connectivity index (χ4v) is 2.18. The first-order chi connectivity index (χ1) is 13.7. The summed E-state index contributed by atoms with van der Waals surface area (Å²) in [6, 6.07) is 29.3. The van der Waals surface area contributed by atoms with E-state index in [-0.39, 0.29) is 0 Å². The van der Waals surface area contributed by atoms with Gasteiger partial charge in [-0.05, 0) is 37.8 Å². The van der Waals surface area contributed by atoms with Crippen molar-refractivity contribution in [2.24, 2.45) is 0 Å². The van der Waals surface area contributed by atoms with Crippen LogP contribution in [0.5, 0.6) is 0 Å². The largest absolute Gasteiger partial charge is 0.0683 e. The third-order valence-electron chi connectivity index (χ3n) is 3.68. The summed E-state index contributed by atoms with van der Waals surface area (Å²) in [7, 11) is 0. The van der Waals surface area contributed by atoms with Crippen LogP contribution in [0.3, 0.4) is 0 Å². The van der Waals surface area contributed by atoms with Gasteiger partial charge >= 0.3 is 0 Å². The summed E-state index contributed by atoms with van der Waals surface area (Å²) in [5.41, 5.74) is 5.51. The molecule has 3 aromatic rings. The van der Waals surface area contributed by atoms with Crippen molar-refractivity contribution < 1.29 is 0 Å². The monoisotopic (exact) mass is 378 g/mol. The smallest absolute Gasteiger partial charge is 0.0307 e. The molecule has 0 bridgehead atoms. The van der Waals surface area contributed by atoms with E-state index < -0.39 is 0 Å². The topological polar surface area (TPSA) is 0 Å². The van der Waals surface area contributed by atoms with E-state index in [0.717, 1.165) is 12.8 Å². The Hall–Kier alpha value is -2.34. The van der Waals surface area contributed by atoms with Gasteiger partial charge in [0.25, 0.3) is 0 Å². The van der Waals surface area contributed by atoms with Crippen molar-refractivity contribution in [1.29, 1.82) is 0 Å². The zero-order valence-electron chi connectivity index (χ0n) is 19.5. The molecule has 0 saturated heterocycles. The Morgan fingerprint density at radius 3 is 1.14 bits per heavy atom. The molecule has 0 heteroatoms. The molecule has 0 atom stereocenters. The second kappa shape index (κ2) is 21.0. The highest BCUT2D eigenvalue weighted by molar-refractivity contribution is 5.21. The van der Waals surface area contributed by atoms with Gasteiger partial charge in [-0.25, -0.2) is 0 Å². The first-order valence-corrected chi connectivity index (χ1v) is 10.8. The molecule has 0 aliphatic rings. The van der Waals surface area contributed by atoms with Crippen molar-refractivity contribution in [2.45, 2.75) is 68.2 Å². The van der Waals surface area contributed by atoms with Crippen LogP contribution in [0.25, 0.3) is 0 Å². The van der Waals surface area contributed by atoms with E-state index >= 15 is 0 Å². The lowest BCUT2D eigenvalue weighted by Gasteiger charge is -1.95. The zero-order valence-corrected chi connectivity index (χ0v) is 19.5. The van der Waals surface area contributed by atoms with Gasteiger partial charge in [0.1, 0.15) is 0 Å². The summed E-state index contributed by atoms with van der Waals surface area (Å²) in [6.45, 7) is 16.5. The molecule has 0 unspecified atom stereocenters. The van der Waals surface area contributed by atoms with Gasteiger partial charge in [0, 0.05) is 0 Å². The summed E-state index contributed by atoms with van der Waals surface area (Å²) < 4.78 is 0. The van der Waals surface area contributed by atoms with Crippen LogP contribution in [-0.2, 0) is 12.8 Å². The quantitative estimate of drug-likeness (QED) is 0.417. The third-order valence-corrected chi connectivity index (χ3v) is 3.68. The summed E-state index contributed by atoms with van der Waals surface area (Å²) in [4.78, 5) is 0. The molecule has 0 saturated carbocycles. The lowest BCUT2D eigenvalue weighted by atomic mass is 10.1. The fourth-order valence-electron chi connectivity index (χ4n) is 2.18. The second-order valence-corrected chi connectivity index (χ2v) is 5.84. The second-order valence-electron chi connectivity index (χ2n) is 5.84. The van der Waals surface area contributed by atoms with Crippen molar-refractivity contribution in [3.8, 4) is 0 Å². The average Bonchev–Trinajstić information content (AvgIpc) is 2.78. The van der Waals surface area contributed by atoms with Gasteiger partial charge in [0.05, 0.1) is 0 Å². The van der Waals surface area contributed by atoms with Gasteiger partial charge < -0.3 is 0 Å². The Labute approximate surface area is 175 Å². The normalized spacial score (nSPS) is 8.29. The van der Waals surface area contributed by atoms with Gasteiger partial charge in [-0.1, -0.05) is 138 Å². The van der Waals surface area contributed by atoms with Gasteiger partial charge in [-0.3, -0.25) is 0 Å². The van der Waals surface area contributed by atoms with Gasteiger partial charge in [0.2, 0.25) is 0 Å². The zero-order chi connectivity index (χ0) is 21.6. The number of hydrogen-bond donors (Lipinski definition) is 0. The molecule has 0 amide bonds. The summed E-state index contributed by atoms with van der Waals surface area (Å²) in [5.74, 6) is 0. The first kappa shape index (κ1) is 27.9. The van der Waals surface area contributed by atoms with Crippen molar-refractivity contribution in [3.63, 3.8) is 0 Å². The van der Waals surface area contributed by atoms with Crippen LogP contribution in [0.15, 0.2) is 84.9 Å². The molecule has 0 aliphatic heterocycles. The molecule has 3 aromatic carbocycles. The fraction of sp³-hybridized carbons (Fsp3) is 0.357. The van der Waals surface area contributed by atoms with Crippen LogP contribution >= 0.6 is 0 Å². The summed E-state index contributed by atoms with van der Waals surface area (Å²) in [5, 5.41) is 0. The maximum Gasteiger partial charge on any atom is -0.0307 e.